The van der Waals surface area contributed by atoms with E-state index in [4.69, 9.17) is 21.1 Å². The van der Waals surface area contributed by atoms with Crippen LogP contribution < -0.4 is 25.4 Å². The monoisotopic (exact) mass is 431 g/mol. The average molecular weight is 432 g/mol. The van der Waals surface area contributed by atoms with E-state index in [0.29, 0.717) is 33.5 Å². The molecule has 0 aliphatic heterocycles. The second-order valence-corrected chi connectivity index (χ2v) is 7.50. The number of carbonyl (C=O) groups excluding carboxylic acids is 2. The molecule has 1 fully saturated rings. The molecule has 1 aliphatic rings. The Kier molecular flexibility index (Phi) is 7.41. The highest BCUT2D eigenvalue weighted by Crippen LogP contribution is 2.35. The van der Waals surface area contributed by atoms with E-state index < -0.39 is 0 Å². The van der Waals surface area contributed by atoms with Gasteiger partial charge in [0.2, 0.25) is 5.91 Å². The number of methoxy groups -OCH3 is 2. The standard InChI is InChI=1S/C22H26ClN3O4/c1-29-19-12-18(20(30-2)11-16(19)23)24-13-21(27)26-17-10-6-5-9-15(17)22(28)25-14-7-3-4-8-14/h5-6,9-12,14,24H,3-4,7-8,13H2,1-2H3,(H,25,28)(H,26,27). The van der Waals surface area contributed by atoms with Gasteiger partial charge in [-0.15, -0.1) is 0 Å². The van der Waals surface area contributed by atoms with E-state index in [0.717, 1.165) is 25.7 Å². The average Bonchev–Trinajstić information content (AvgIpc) is 3.25. The Labute approximate surface area is 181 Å². The zero-order valence-electron chi connectivity index (χ0n) is 17.1. The Morgan fingerprint density at radius 3 is 2.43 bits per heavy atom. The van der Waals surface area contributed by atoms with Gasteiger partial charge in [-0.05, 0) is 25.0 Å². The fourth-order valence-electron chi connectivity index (χ4n) is 3.49. The van der Waals surface area contributed by atoms with Gasteiger partial charge in [0, 0.05) is 18.2 Å². The van der Waals surface area contributed by atoms with Gasteiger partial charge in [-0.25, -0.2) is 0 Å². The Bertz CT molecular complexity index is 913. The first kappa shape index (κ1) is 21.8. The first-order valence-corrected chi connectivity index (χ1v) is 10.2. The second-order valence-electron chi connectivity index (χ2n) is 7.09. The minimum atomic E-state index is -0.299. The van der Waals surface area contributed by atoms with Gasteiger partial charge < -0.3 is 25.4 Å². The number of ether oxygens (including phenoxy) is 2. The van der Waals surface area contributed by atoms with Crippen LogP contribution in [-0.2, 0) is 4.79 Å². The molecule has 1 saturated carbocycles. The molecule has 2 aromatic rings. The number of hydrogen-bond acceptors (Lipinski definition) is 5. The molecule has 0 saturated heterocycles. The largest absolute Gasteiger partial charge is 0.495 e. The minimum Gasteiger partial charge on any atom is -0.495 e. The molecule has 0 spiro atoms. The second kappa shape index (κ2) is 10.2. The maximum Gasteiger partial charge on any atom is 0.253 e. The fourth-order valence-corrected chi connectivity index (χ4v) is 3.72. The van der Waals surface area contributed by atoms with E-state index in [9.17, 15) is 9.59 Å². The molecule has 7 nitrogen and oxygen atoms in total. The van der Waals surface area contributed by atoms with Gasteiger partial charge in [-0.2, -0.15) is 0 Å². The van der Waals surface area contributed by atoms with E-state index in [1.807, 2.05) is 0 Å². The van der Waals surface area contributed by atoms with Gasteiger partial charge in [0.05, 0.1) is 42.7 Å². The van der Waals surface area contributed by atoms with Gasteiger partial charge >= 0.3 is 0 Å². The van der Waals surface area contributed by atoms with Crippen molar-refractivity contribution in [3.05, 3.63) is 47.0 Å². The predicted molar refractivity (Wildman–Crippen MR) is 118 cm³/mol. The van der Waals surface area contributed by atoms with Crippen molar-refractivity contribution in [1.29, 1.82) is 0 Å². The molecule has 2 aromatic carbocycles. The summed E-state index contributed by atoms with van der Waals surface area (Å²) in [6.07, 6.45) is 4.26. The molecule has 0 radical (unpaired) electrons. The Morgan fingerprint density at radius 2 is 1.73 bits per heavy atom. The van der Waals surface area contributed by atoms with Gasteiger partial charge in [-0.1, -0.05) is 36.6 Å². The van der Waals surface area contributed by atoms with Crippen molar-refractivity contribution in [1.82, 2.24) is 5.32 Å². The van der Waals surface area contributed by atoms with Crippen molar-refractivity contribution in [3.63, 3.8) is 0 Å². The van der Waals surface area contributed by atoms with Crippen LogP contribution in [0.4, 0.5) is 11.4 Å². The molecule has 160 valence electrons. The van der Waals surface area contributed by atoms with Gasteiger partial charge in [0.15, 0.2) is 0 Å². The first-order valence-electron chi connectivity index (χ1n) is 9.87. The van der Waals surface area contributed by atoms with Gasteiger partial charge in [-0.3, -0.25) is 9.59 Å². The summed E-state index contributed by atoms with van der Waals surface area (Å²) in [4.78, 5) is 25.2. The molecule has 2 amide bonds. The number of hydrogen-bond donors (Lipinski definition) is 3. The molecule has 1 aliphatic carbocycles. The predicted octanol–water partition coefficient (Wildman–Crippen LogP) is 4.08. The van der Waals surface area contributed by atoms with Crippen LogP contribution in [0.5, 0.6) is 11.5 Å². The highest BCUT2D eigenvalue weighted by atomic mass is 35.5. The Hall–Kier alpha value is -2.93. The number of halogens is 1. The molecule has 8 heteroatoms. The van der Waals surface area contributed by atoms with Crippen LogP contribution in [0, 0.1) is 0 Å². The number of rotatable bonds is 8. The summed E-state index contributed by atoms with van der Waals surface area (Å²) >= 11 is 6.11. The maximum atomic E-state index is 12.6. The van der Waals surface area contributed by atoms with Gasteiger partial charge in [0.1, 0.15) is 11.5 Å². The number of nitrogens with one attached hydrogen (secondary N) is 3. The van der Waals surface area contributed by atoms with E-state index >= 15 is 0 Å². The van der Waals surface area contributed by atoms with E-state index in [-0.39, 0.29) is 24.4 Å². The lowest BCUT2D eigenvalue weighted by Gasteiger charge is -2.16. The molecular formula is C22H26ClN3O4. The third kappa shape index (κ3) is 5.36. The highest BCUT2D eigenvalue weighted by Gasteiger charge is 2.20. The summed E-state index contributed by atoms with van der Waals surface area (Å²) < 4.78 is 10.5. The number of carbonyl (C=O) groups is 2. The number of anilines is 2. The molecule has 0 heterocycles. The lowest BCUT2D eigenvalue weighted by Crippen LogP contribution is -2.33. The van der Waals surface area contributed by atoms with Crippen LogP contribution in [0.1, 0.15) is 36.0 Å². The zero-order valence-corrected chi connectivity index (χ0v) is 17.8. The van der Waals surface area contributed by atoms with Crippen LogP contribution in [0.3, 0.4) is 0 Å². The Balaban J connectivity index is 1.65. The quantitative estimate of drug-likeness (QED) is 0.586. The fraction of sp³-hybridized carbons (Fsp3) is 0.364. The third-order valence-corrected chi connectivity index (χ3v) is 5.34. The summed E-state index contributed by atoms with van der Waals surface area (Å²) in [6.45, 7) is -0.0281. The van der Waals surface area contributed by atoms with E-state index in [1.54, 1.807) is 36.4 Å². The Morgan fingerprint density at radius 1 is 1.03 bits per heavy atom. The van der Waals surface area contributed by atoms with Crippen molar-refractivity contribution in [2.75, 3.05) is 31.4 Å². The van der Waals surface area contributed by atoms with Crippen LogP contribution in [-0.4, -0.2) is 38.6 Å². The van der Waals surface area contributed by atoms with Crippen LogP contribution in [0.2, 0.25) is 5.02 Å². The SMILES string of the molecule is COc1cc(NCC(=O)Nc2ccccc2C(=O)NC2CCCC2)c(OC)cc1Cl. The zero-order chi connectivity index (χ0) is 21.5. The topological polar surface area (TPSA) is 88.7 Å². The molecule has 0 aromatic heterocycles. The summed E-state index contributed by atoms with van der Waals surface area (Å²) in [7, 11) is 3.03. The number of para-hydroxylation sites is 1. The smallest absolute Gasteiger partial charge is 0.253 e. The van der Waals surface area contributed by atoms with Gasteiger partial charge in [0.25, 0.3) is 5.91 Å². The number of benzene rings is 2. The van der Waals surface area contributed by atoms with E-state index in [1.165, 1.54) is 14.2 Å². The van der Waals surface area contributed by atoms with E-state index in [2.05, 4.69) is 16.0 Å². The van der Waals surface area contributed by atoms with Crippen molar-refractivity contribution < 1.29 is 19.1 Å². The molecule has 3 rings (SSSR count). The lowest BCUT2D eigenvalue weighted by atomic mass is 10.1. The summed E-state index contributed by atoms with van der Waals surface area (Å²) in [6, 6.07) is 10.5. The lowest BCUT2D eigenvalue weighted by molar-refractivity contribution is -0.114. The minimum absolute atomic E-state index is 0.0281. The van der Waals surface area contributed by atoms with Crippen molar-refractivity contribution in [2.45, 2.75) is 31.7 Å². The maximum absolute atomic E-state index is 12.6. The van der Waals surface area contributed by atoms with Crippen LogP contribution in [0.15, 0.2) is 36.4 Å². The van der Waals surface area contributed by atoms with Crippen LogP contribution in [0.25, 0.3) is 0 Å². The highest BCUT2D eigenvalue weighted by molar-refractivity contribution is 6.32. The number of amides is 2. The molecular weight excluding hydrogens is 406 g/mol. The van der Waals surface area contributed by atoms with Crippen molar-refractivity contribution >= 4 is 34.8 Å². The van der Waals surface area contributed by atoms with Crippen molar-refractivity contribution in [2.24, 2.45) is 0 Å². The first-order chi connectivity index (χ1) is 14.5. The summed E-state index contributed by atoms with van der Waals surface area (Å²) in [5.41, 5.74) is 1.49. The molecule has 0 atom stereocenters. The van der Waals surface area contributed by atoms with Crippen LogP contribution >= 0.6 is 11.6 Å². The summed E-state index contributed by atoms with van der Waals surface area (Å²) in [5.74, 6) is 0.487. The molecule has 30 heavy (non-hydrogen) atoms. The molecule has 3 N–H and O–H groups in total. The molecule has 0 unspecified atom stereocenters. The van der Waals surface area contributed by atoms with Crippen molar-refractivity contribution in [3.8, 4) is 11.5 Å². The third-order valence-electron chi connectivity index (χ3n) is 5.05. The normalized spacial score (nSPS) is 13.6. The molecule has 0 bridgehead atoms. The summed E-state index contributed by atoms with van der Waals surface area (Å²) in [5, 5.41) is 9.28.